The van der Waals surface area contributed by atoms with E-state index in [4.69, 9.17) is 9.47 Å². The first-order chi connectivity index (χ1) is 19.2. The van der Waals surface area contributed by atoms with Gasteiger partial charge in [0.1, 0.15) is 12.4 Å². The summed E-state index contributed by atoms with van der Waals surface area (Å²) < 4.78 is 68.0. The zero-order chi connectivity index (χ0) is 28.1. The molecular formula is C26H26F4N8O2. The molecular weight excluding hydrogens is 532 g/mol. The Morgan fingerprint density at radius 1 is 1.07 bits per heavy atom. The third-order valence-electron chi connectivity index (χ3n) is 7.13. The molecule has 2 fully saturated rings. The number of anilines is 3. The average molecular weight is 559 g/mol. The molecule has 1 aliphatic heterocycles. The van der Waals surface area contributed by atoms with E-state index in [1.54, 1.807) is 32.5 Å². The molecule has 210 valence electrons. The molecule has 10 nitrogen and oxygen atoms in total. The summed E-state index contributed by atoms with van der Waals surface area (Å²) in [5.74, 6) is -2.22. The Bertz CT molecular complexity index is 1540. The van der Waals surface area contributed by atoms with Crippen molar-refractivity contribution in [3.63, 3.8) is 0 Å². The second-order valence-electron chi connectivity index (χ2n) is 10.3. The molecule has 6 rings (SSSR count). The van der Waals surface area contributed by atoms with Crippen LogP contribution in [0.1, 0.15) is 12.8 Å². The molecule has 4 heterocycles. The van der Waals surface area contributed by atoms with Crippen LogP contribution in [-0.2, 0) is 11.8 Å². The first-order valence-corrected chi connectivity index (χ1v) is 12.6. The number of pyridine rings is 1. The van der Waals surface area contributed by atoms with Gasteiger partial charge in [0.05, 0.1) is 18.4 Å². The minimum Gasteiger partial charge on any atom is -0.487 e. The van der Waals surface area contributed by atoms with Gasteiger partial charge in [-0.15, -0.1) is 5.10 Å². The molecule has 40 heavy (non-hydrogen) atoms. The van der Waals surface area contributed by atoms with E-state index in [1.165, 1.54) is 23.0 Å². The van der Waals surface area contributed by atoms with Gasteiger partial charge >= 0.3 is 0 Å². The molecule has 1 aliphatic carbocycles. The number of rotatable bonds is 9. The third-order valence-corrected chi connectivity index (χ3v) is 7.13. The normalized spacial score (nSPS) is 17.0. The smallest absolute Gasteiger partial charge is 0.249 e. The van der Waals surface area contributed by atoms with Gasteiger partial charge in [0.2, 0.25) is 17.8 Å². The number of alkyl halides is 2. The molecule has 2 N–H and O–H groups in total. The number of aromatic amines is 1. The van der Waals surface area contributed by atoms with Gasteiger partial charge in [0.25, 0.3) is 0 Å². The van der Waals surface area contributed by atoms with Crippen molar-refractivity contribution in [1.82, 2.24) is 29.9 Å². The monoisotopic (exact) mass is 558 g/mol. The summed E-state index contributed by atoms with van der Waals surface area (Å²) in [7, 11) is 3.24. The zero-order valence-corrected chi connectivity index (χ0v) is 21.7. The molecule has 1 spiro atoms. The number of methoxy groups -OCH3 is 1. The largest absolute Gasteiger partial charge is 0.487 e. The van der Waals surface area contributed by atoms with Crippen molar-refractivity contribution in [2.24, 2.45) is 12.5 Å². The zero-order valence-electron chi connectivity index (χ0n) is 21.7. The van der Waals surface area contributed by atoms with Crippen LogP contribution in [0, 0.1) is 17.2 Å². The number of aromatic nitrogens is 6. The van der Waals surface area contributed by atoms with Gasteiger partial charge < -0.3 is 19.7 Å². The molecule has 14 heteroatoms. The molecule has 2 aliphatic rings. The lowest BCUT2D eigenvalue weighted by molar-refractivity contribution is -0.170. The van der Waals surface area contributed by atoms with E-state index in [2.05, 4.69) is 30.6 Å². The SMILES string of the molecule is COCCOc1cc(-c2nc(Nc3ccc(-c4cn[nH]c4F)c(F)c3)n(C)n2)cnc1N1CC2(C1)CC(F)(F)C2. The Morgan fingerprint density at radius 2 is 1.88 bits per heavy atom. The number of H-pyrrole nitrogens is 1. The Labute approximate surface area is 226 Å². The van der Waals surface area contributed by atoms with Crippen LogP contribution >= 0.6 is 0 Å². The number of ether oxygens (including phenoxy) is 2. The standard InChI is InChI=1S/C26H26F4N8O2/c1-37-24(33-16-3-4-17(19(27)8-16)18-10-32-35-21(18)28)34-22(36-37)15-7-20(40-6-5-39-2)23(31-9-15)38-13-25(14-38)11-26(29,30)12-25/h3-4,7-10H,5-6,11-14H2,1-2H3,(H,32,35)(H,33,34,36). The van der Waals surface area contributed by atoms with Crippen molar-refractivity contribution in [2.45, 2.75) is 18.8 Å². The molecule has 1 saturated heterocycles. The fourth-order valence-corrected chi connectivity index (χ4v) is 5.33. The number of aryl methyl sites for hydroxylation is 1. The van der Waals surface area contributed by atoms with E-state index < -0.39 is 17.7 Å². The maximum atomic E-state index is 14.7. The second-order valence-corrected chi connectivity index (χ2v) is 10.3. The van der Waals surface area contributed by atoms with Crippen molar-refractivity contribution in [2.75, 3.05) is 43.6 Å². The van der Waals surface area contributed by atoms with E-state index in [-0.39, 0.29) is 36.0 Å². The van der Waals surface area contributed by atoms with E-state index >= 15 is 0 Å². The maximum absolute atomic E-state index is 14.7. The summed E-state index contributed by atoms with van der Waals surface area (Å²) in [6, 6.07) is 6.02. The number of hydrogen-bond donors (Lipinski definition) is 2. The first-order valence-electron chi connectivity index (χ1n) is 12.6. The van der Waals surface area contributed by atoms with Crippen molar-refractivity contribution >= 4 is 17.5 Å². The van der Waals surface area contributed by atoms with Crippen LogP contribution in [-0.4, -0.2) is 69.3 Å². The van der Waals surface area contributed by atoms with Gasteiger partial charge in [-0.25, -0.2) is 22.8 Å². The summed E-state index contributed by atoms with van der Waals surface area (Å²) in [5, 5.41) is 13.2. The summed E-state index contributed by atoms with van der Waals surface area (Å²) in [5.41, 5.74) is 0.700. The lowest BCUT2D eigenvalue weighted by Crippen LogP contribution is -2.66. The van der Waals surface area contributed by atoms with Crippen LogP contribution in [0.3, 0.4) is 0 Å². The van der Waals surface area contributed by atoms with Gasteiger partial charge in [0, 0.05) is 68.5 Å². The number of nitrogens with zero attached hydrogens (tertiary/aromatic N) is 6. The van der Waals surface area contributed by atoms with E-state index in [9.17, 15) is 17.6 Å². The molecule has 0 bridgehead atoms. The summed E-state index contributed by atoms with van der Waals surface area (Å²) in [6.07, 6.45) is 2.62. The van der Waals surface area contributed by atoms with Crippen molar-refractivity contribution in [3.05, 3.63) is 48.4 Å². The molecule has 4 aromatic rings. The number of halogens is 4. The van der Waals surface area contributed by atoms with Crippen LogP contribution < -0.4 is 15.0 Å². The highest BCUT2D eigenvalue weighted by Gasteiger charge is 2.62. The predicted octanol–water partition coefficient (Wildman–Crippen LogP) is 4.55. The molecule has 0 radical (unpaired) electrons. The Hall–Kier alpha value is -4.20. The summed E-state index contributed by atoms with van der Waals surface area (Å²) >= 11 is 0. The quantitative estimate of drug-likeness (QED) is 0.228. The highest BCUT2D eigenvalue weighted by Crippen LogP contribution is 2.57. The lowest BCUT2D eigenvalue weighted by Gasteiger charge is -2.59. The highest BCUT2D eigenvalue weighted by molar-refractivity contribution is 5.69. The number of hydrogen-bond acceptors (Lipinski definition) is 8. The van der Waals surface area contributed by atoms with Gasteiger partial charge in [-0.3, -0.25) is 5.10 Å². The Kier molecular flexibility index (Phi) is 6.36. The second kappa shape index (κ2) is 9.77. The molecule has 0 atom stereocenters. The lowest BCUT2D eigenvalue weighted by atomic mass is 9.61. The van der Waals surface area contributed by atoms with Crippen LogP contribution in [0.4, 0.5) is 35.0 Å². The molecule has 1 saturated carbocycles. The topological polar surface area (TPSA) is 106 Å². The van der Waals surface area contributed by atoms with Gasteiger partial charge in [-0.05, 0) is 24.3 Å². The van der Waals surface area contributed by atoms with Crippen LogP contribution in [0.5, 0.6) is 5.75 Å². The first kappa shape index (κ1) is 26.0. The highest BCUT2D eigenvalue weighted by atomic mass is 19.3. The maximum Gasteiger partial charge on any atom is 0.249 e. The van der Waals surface area contributed by atoms with Crippen molar-refractivity contribution < 1.29 is 27.0 Å². The van der Waals surface area contributed by atoms with Crippen LogP contribution in [0.25, 0.3) is 22.5 Å². The van der Waals surface area contributed by atoms with Crippen LogP contribution in [0.15, 0.2) is 36.7 Å². The Morgan fingerprint density at radius 3 is 2.55 bits per heavy atom. The van der Waals surface area contributed by atoms with Gasteiger partial charge in [-0.2, -0.15) is 14.5 Å². The fraction of sp³-hybridized carbons (Fsp3) is 0.385. The number of nitrogens with one attached hydrogen (secondary N) is 2. The van der Waals surface area contributed by atoms with Gasteiger partial charge in [0.15, 0.2) is 17.4 Å². The molecule has 0 unspecified atom stereocenters. The van der Waals surface area contributed by atoms with Crippen molar-refractivity contribution in [1.29, 1.82) is 0 Å². The van der Waals surface area contributed by atoms with E-state index in [0.29, 0.717) is 54.3 Å². The van der Waals surface area contributed by atoms with E-state index in [0.717, 1.165) is 0 Å². The molecule has 0 amide bonds. The Balaban J connectivity index is 1.21. The number of benzene rings is 1. The minimum absolute atomic E-state index is 0.0310. The van der Waals surface area contributed by atoms with Crippen molar-refractivity contribution in [3.8, 4) is 28.3 Å². The fourth-order valence-electron chi connectivity index (χ4n) is 5.33. The summed E-state index contributed by atoms with van der Waals surface area (Å²) in [4.78, 5) is 11.0. The van der Waals surface area contributed by atoms with Crippen LogP contribution in [0.2, 0.25) is 0 Å². The summed E-state index contributed by atoms with van der Waals surface area (Å²) in [6.45, 7) is 1.62. The molecule has 1 aromatic carbocycles. The molecule has 3 aromatic heterocycles. The average Bonchev–Trinajstić information content (AvgIpc) is 3.46. The minimum atomic E-state index is -2.58. The predicted molar refractivity (Wildman–Crippen MR) is 138 cm³/mol. The van der Waals surface area contributed by atoms with E-state index in [1.807, 2.05) is 4.90 Å². The third kappa shape index (κ3) is 4.83. The van der Waals surface area contributed by atoms with Gasteiger partial charge in [-0.1, -0.05) is 0 Å².